The number of aliphatic hydroxyl groups excluding tert-OH is 10. The Morgan fingerprint density at radius 1 is 0.614 bits per heavy atom. The summed E-state index contributed by atoms with van der Waals surface area (Å²) in [5.41, 5.74) is 0. The lowest BCUT2D eigenvalue weighted by Gasteiger charge is -2.49. The number of fused-ring (bicyclic) bond motifs is 4. The lowest BCUT2D eigenvalue weighted by atomic mass is 9.96. The first kappa shape index (κ1) is 33.5. The minimum atomic E-state index is -2.26. The van der Waals surface area contributed by atoms with Gasteiger partial charge >= 0.3 is 0 Å². The zero-order valence-corrected chi connectivity index (χ0v) is 23.8. The van der Waals surface area contributed by atoms with Crippen LogP contribution in [0.5, 0.6) is 0 Å². The van der Waals surface area contributed by atoms with Crippen LogP contribution in [0.25, 0.3) is 0 Å². The van der Waals surface area contributed by atoms with Crippen molar-refractivity contribution in [3.8, 4) is 0 Å². The van der Waals surface area contributed by atoms with E-state index in [-0.39, 0.29) is 13.2 Å². The van der Waals surface area contributed by atoms with Gasteiger partial charge in [-0.25, -0.2) is 0 Å². The number of thiol groups is 1. The average molecular weight is 663 g/mol. The van der Waals surface area contributed by atoms with Gasteiger partial charge in [-0.15, -0.1) is 12.6 Å². The minimum absolute atomic E-state index is 0.0256. The fraction of sp³-hybridized carbons (Fsp3) is 1.00. The Morgan fingerprint density at radius 3 is 1.86 bits per heavy atom. The highest BCUT2D eigenvalue weighted by Gasteiger charge is 2.61. The normalized spacial score (nSPS) is 57.5. The molecular formula is C24H38O19S. The van der Waals surface area contributed by atoms with Gasteiger partial charge in [0.1, 0.15) is 97.7 Å². The molecule has 0 aromatic carbocycles. The molecule has 0 aromatic heterocycles. The molecule has 0 aliphatic carbocycles. The van der Waals surface area contributed by atoms with Crippen molar-refractivity contribution in [1.29, 1.82) is 0 Å². The van der Waals surface area contributed by atoms with Crippen LogP contribution in [0.1, 0.15) is 0 Å². The Hall–Kier alpha value is -0.410. The topological polar surface area (TPSA) is 285 Å². The van der Waals surface area contributed by atoms with Crippen LogP contribution >= 0.6 is 12.6 Å². The van der Waals surface area contributed by atoms with Crippen LogP contribution in [-0.2, 0) is 42.6 Å². The summed E-state index contributed by atoms with van der Waals surface area (Å²) in [7, 11) is 0. The summed E-state index contributed by atoms with van der Waals surface area (Å²) >= 11 is 4.21. The molecule has 0 amide bonds. The average Bonchev–Trinajstić information content (AvgIpc) is 3.48. The van der Waals surface area contributed by atoms with Gasteiger partial charge < -0.3 is 93.7 Å². The number of aliphatic hydroxyl groups is 10. The van der Waals surface area contributed by atoms with E-state index in [2.05, 4.69) is 12.6 Å². The zero-order valence-electron chi connectivity index (χ0n) is 22.9. The smallest absolute Gasteiger partial charge is 0.245 e. The van der Waals surface area contributed by atoms with Crippen LogP contribution in [-0.4, -0.2) is 199 Å². The maximum absolute atomic E-state index is 11.1. The summed E-state index contributed by atoms with van der Waals surface area (Å²) in [6.45, 7) is -1.63. The van der Waals surface area contributed by atoms with Crippen LogP contribution < -0.4 is 0 Å². The van der Waals surface area contributed by atoms with Gasteiger partial charge in [0.15, 0.2) is 18.9 Å². The number of ether oxygens (including phenoxy) is 9. The Labute approximate surface area is 254 Å². The van der Waals surface area contributed by atoms with Crippen molar-refractivity contribution in [2.45, 2.75) is 122 Å². The molecule has 20 atom stereocenters. The van der Waals surface area contributed by atoms with Crippen molar-refractivity contribution in [1.82, 2.24) is 0 Å². The lowest BCUT2D eigenvalue weighted by Crippen LogP contribution is -2.67. The maximum Gasteiger partial charge on any atom is 0.245 e. The van der Waals surface area contributed by atoms with Crippen LogP contribution in [0, 0.1) is 0 Å². The second-order valence-corrected chi connectivity index (χ2v) is 12.2. The van der Waals surface area contributed by atoms with Crippen molar-refractivity contribution in [3.63, 3.8) is 0 Å². The molecule has 6 rings (SSSR count). The van der Waals surface area contributed by atoms with E-state index in [0.29, 0.717) is 0 Å². The third-order valence-corrected chi connectivity index (χ3v) is 9.27. The van der Waals surface area contributed by atoms with E-state index in [1.807, 2.05) is 0 Å². The van der Waals surface area contributed by atoms with Gasteiger partial charge in [-0.2, -0.15) is 0 Å². The van der Waals surface area contributed by atoms with Crippen LogP contribution in [0.3, 0.4) is 0 Å². The fourth-order valence-electron chi connectivity index (χ4n) is 6.34. The van der Waals surface area contributed by atoms with Crippen LogP contribution in [0.2, 0.25) is 0 Å². The molecule has 0 spiro atoms. The second-order valence-electron chi connectivity index (χ2n) is 11.6. The molecule has 44 heavy (non-hydrogen) atoms. The molecule has 10 N–H and O–H groups in total. The summed E-state index contributed by atoms with van der Waals surface area (Å²) in [5.74, 6) is 0. The lowest BCUT2D eigenvalue weighted by molar-refractivity contribution is -0.376. The van der Waals surface area contributed by atoms with E-state index >= 15 is 0 Å². The van der Waals surface area contributed by atoms with Crippen LogP contribution in [0.4, 0.5) is 0 Å². The van der Waals surface area contributed by atoms with E-state index < -0.39 is 135 Å². The second kappa shape index (κ2) is 12.9. The van der Waals surface area contributed by atoms with Crippen molar-refractivity contribution < 1.29 is 93.7 Å². The standard InChI is InChI=1S/C24H38O19S/c25-1-5-10(28)17(13(31)22(38-5)40-15-7-3-35-18(15)12(30)21(34)37-7)41-23-14(32)19-16(8(39-23)4-36-19)43-24(44)20(33)11(29)9(27)6(2-26)42-24/h5-23,25-34,44H,1-4H2/t5-,6-,7+,8+,9+,10-,11+,12+,13-,14+,15+,16+,17+,18+,19+,20-,21-,22+,23+,24+/m1/s1. The Kier molecular flexibility index (Phi) is 9.81. The van der Waals surface area contributed by atoms with Crippen molar-refractivity contribution in [3.05, 3.63) is 0 Å². The van der Waals surface area contributed by atoms with E-state index in [0.717, 1.165) is 0 Å². The molecule has 19 nitrogen and oxygen atoms in total. The Bertz CT molecular complexity index is 997. The summed E-state index contributed by atoms with van der Waals surface area (Å²) in [4.78, 5) is 0. The highest BCUT2D eigenvalue weighted by Crippen LogP contribution is 2.42. The van der Waals surface area contributed by atoms with Gasteiger partial charge in [-0.05, 0) is 0 Å². The van der Waals surface area contributed by atoms with Crippen molar-refractivity contribution >= 4 is 12.6 Å². The Morgan fingerprint density at radius 2 is 1.20 bits per heavy atom. The predicted octanol–water partition coefficient (Wildman–Crippen LogP) is -7.40. The monoisotopic (exact) mass is 662 g/mol. The summed E-state index contributed by atoms with van der Waals surface area (Å²) in [6.07, 6.45) is -26.9. The van der Waals surface area contributed by atoms with E-state index in [1.165, 1.54) is 0 Å². The maximum atomic E-state index is 11.1. The molecule has 6 aliphatic rings. The van der Waals surface area contributed by atoms with Gasteiger partial charge in [-0.3, -0.25) is 0 Å². The third kappa shape index (κ3) is 5.71. The first-order chi connectivity index (χ1) is 20.9. The van der Waals surface area contributed by atoms with E-state index in [9.17, 15) is 51.1 Å². The molecule has 6 aliphatic heterocycles. The fourth-order valence-corrected chi connectivity index (χ4v) is 6.75. The molecule has 0 saturated carbocycles. The zero-order chi connectivity index (χ0) is 31.7. The molecule has 0 unspecified atom stereocenters. The van der Waals surface area contributed by atoms with Gasteiger partial charge in [0.2, 0.25) is 5.12 Å². The third-order valence-electron chi connectivity index (χ3n) is 8.79. The molecule has 6 heterocycles. The Balaban J connectivity index is 1.14. The van der Waals surface area contributed by atoms with Gasteiger partial charge in [-0.1, -0.05) is 0 Å². The minimum Gasteiger partial charge on any atom is -0.394 e. The van der Waals surface area contributed by atoms with Crippen molar-refractivity contribution in [2.75, 3.05) is 26.4 Å². The highest BCUT2D eigenvalue weighted by molar-refractivity contribution is 7.81. The highest BCUT2D eigenvalue weighted by atomic mass is 32.1. The quantitative estimate of drug-likeness (QED) is 0.0850. The SMILES string of the molecule is OC[C@H]1O[C@](S)(O[C@@H]2[C@H]3OC[C@@H]2O[C@@H](O[C@@H]2[C@@H](O)[C@H](O[C@@H]4[C@H]5OC[C@@H]4O[C@@H](O)[C@H]5O)O[C@H](CO)[C@H]2O)[C@H]3O)[C@H](O)[C@@H](O)[C@H]1O. The van der Waals surface area contributed by atoms with E-state index in [4.69, 9.17) is 42.6 Å². The summed E-state index contributed by atoms with van der Waals surface area (Å²) in [5, 5.41) is 101. The molecule has 0 radical (unpaired) electrons. The number of hydrogen-bond acceptors (Lipinski definition) is 20. The van der Waals surface area contributed by atoms with Gasteiger partial charge in [0.05, 0.1) is 26.4 Å². The number of hydrogen-bond donors (Lipinski definition) is 11. The molecule has 20 heteroatoms. The largest absolute Gasteiger partial charge is 0.394 e. The first-order valence-corrected chi connectivity index (χ1v) is 14.6. The molecular weight excluding hydrogens is 624 g/mol. The molecule has 4 bridgehead atoms. The molecule has 0 aromatic rings. The first-order valence-electron chi connectivity index (χ1n) is 14.1. The number of rotatable bonds is 8. The van der Waals surface area contributed by atoms with E-state index in [1.54, 1.807) is 0 Å². The summed E-state index contributed by atoms with van der Waals surface area (Å²) < 4.78 is 50.6. The predicted molar refractivity (Wildman–Crippen MR) is 135 cm³/mol. The van der Waals surface area contributed by atoms with Crippen LogP contribution in [0.15, 0.2) is 0 Å². The summed E-state index contributed by atoms with van der Waals surface area (Å²) in [6, 6.07) is 0. The van der Waals surface area contributed by atoms with Gasteiger partial charge in [0.25, 0.3) is 0 Å². The molecule has 6 fully saturated rings. The van der Waals surface area contributed by atoms with Crippen molar-refractivity contribution in [2.24, 2.45) is 0 Å². The molecule has 6 saturated heterocycles. The molecule has 254 valence electrons. The van der Waals surface area contributed by atoms with Gasteiger partial charge in [0, 0.05) is 0 Å².